The summed E-state index contributed by atoms with van der Waals surface area (Å²) >= 11 is 0. The quantitative estimate of drug-likeness (QED) is 0.443. The Labute approximate surface area is 147 Å². The molecule has 0 aliphatic carbocycles. The number of methoxy groups -OCH3 is 1. The molecule has 0 saturated carbocycles. The molecule has 0 N–H and O–H groups in total. The second-order valence-corrected chi connectivity index (χ2v) is 8.93. The number of halogens is 3. The average molecular weight is 394 g/mol. The standard InChI is InChI=1S/C15H17OS.CHF3O3S/c1-16-14-8-9-15(17-10-4-5-11-17)13-7-3-2-6-12(13)14;2-1(3,4)8(5,6)7/h2-3,6-9H,4-5,10-11H2,1H3;(H,5,6,7)/q+1;/p-1. The van der Waals surface area contributed by atoms with Crippen LogP contribution in [0.15, 0.2) is 41.3 Å². The molecule has 1 fully saturated rings. The van der Waals surface area contributed by atoms with Gasteiger partial charge in [-0.3, -0.25) is 0 Å². The van der Waals surface area contributed by atoms with Crippen LogP contribution < -0.4 is 4.74 Å². The molecule has 1 saturated heterocycles. The van der Waals surface area contributed by atoms with Gasteiger partial charge in [-0.2, -0.15) is 13.2 Å². The van der Waals surface area contributed by atoms with Crippen molar-refractivity contribution in [2.45, 2.75) is 23.2 Å². The lowest BCUT2D eigenvalue weighted by Crippen LogP contribution is -2.21. The summed E-state index contributed by atoms with van der Waals surface area (Å²) in [6.07, 6.45) is 2.78. The zero-order chi connectivity index (χ0) is 18.7. The molecule has 25 heavy (non-hydrogen) atoms. The zero-order valence-corrected chi connectivity index (χ0v) is 15.0. The highest BCUT2D eigenvalue weighted by Crippen LogP contribution is 2.34. The first-order valence-corrected chi connectivity index (χ1v) is 10.4. The summed E-state index contributed by atoms with van der Waals surface area (Å²) in [4.78, 5) is 1.54. The molecule has 4 nitrogen and oxygen atoms in total. The van der Waals surface area contributed by atoms with Gasteiger partial charge in [-0.05, 0) is 31.0 Å². The van der Waals surface area contributed by atoms with Crippen molar-refractivity contribution in [3.8, 4) is 5.75 Å². The van der Waals surface area contributed by atoms with Crippen LogP contribution in [-0.4, -0.2) is 37.1 Å². The highest BCUT2D eigenvalue weighted by molar-refractivity contribution is 7.97. The summed E-state index contributed by atoms with van der Waals surface area (Å²) in [5.74, 6) is 3.74. The number of alkyl halides is 3. The molecule has 138 valence electrons. The maximum Gasteiger partial charge on any atom is 0.485 e. The van der Waals surface area contributed by atoms with Crippen LogP contribution in [0.25, 0.3) is 10.8 Å². The molecule has 1 aliphatic rings. The summed E-state index contributed by atoms with van der Waals surface area (Å²) < 4.78 is 64.4. The van der Waals surface area contributed by atoms with Crippen LogP contribution in [0.3, 0.4) is 0 Å². The first-order chi connectivity index (χ1) is 11.6. The van der Waals surface area contributed by atoms with Crippen LogP contribution in [0.5, 0.6) is 5.75 Å². The van der Waals surface area contributed by atoms with E-state index in [1.165, 1.54) is 35.1 Å². The van der Waals surface area contributed by atoms with Crippen molar-refractivity contribution >= 4 is 31.8 Å². The van der Waals surface area contributed by atoms with E-state index in [0.717, 1.165) is 5.75 Å². The molecule has 1 heterocycles. The van der Waals surface area contributed by atoms with E-state index in [1.54, 1.807) is 12.0 Å². The molecular weight excluding hydrogens is 377 g/mol. The van der Waals surface area contributed by atoms with Gasteiger partial charge in [0.25, 0.3) is 0 Å². The van der Waals surface area contributed by atoms with Crippen LogP contribution in [0.2, 0.25) is 0 Å². The van der Waals surface area contributed by atoms with E-state index < -0.39 is 15.6 Å². The minimum absolute atomic E-state index is 0.469. The maximum absolute atomic E-state index is 10.7. The monoisotopic (exact) mass is 394 g/mol. The molecule has 0 bridgehead atoms. The minimum Gasteiger partial charge on any atom is -0.741 e. The smallest absolute Gasteiger partial charge is 0.485 e. The van der Waals surface area contributed by atoms with Crippen molar-refractivity contribution in [3.05, 3.63) is 36.4 Å². The van der Waals surface area contributed by atoms with E-state index in [-0.39, 0.29) is 0 Å². The Morgan fingerprint density at radius 3 is 2.04 bits per heavy atom. The fourth-order valence-corrected chi connectivity index (χ4v) is 5.05. The number of rotatable bonds is 2. The molecule has 2 aromatic rings. The fraction of sp³-hybridized carbons (Fsp3) is 0.375. The molecule has 9 heteroatoms. The Morgan fingerprint density at radius 1 is 1.04 bits per heavy atom. The summed E-state index contributed by atoms with van der Waals surface area (Å²) in [5, 5.41) is 2.64. The van der Waals surface area contributed by atoms with E-state index in [2.05, 4.69) is 36.4 Å². The number of hydrogen-bond acceptors (Lipinski definition) is 4. The third kappa shape index (κ3) is 4.80. The Morgan fingerprint density at radius 2 is 1.56 bits per heavy atom. The lowest BCUT2D eigenvalue weighted by Gasteiger charge is -2.08. The van der Waals surface area contributed by atoms with Crippen LogP contribution in [0.1, 0.15) is 12.8 Å². The van der Waals surface area contributed by atoms with Crippen LogP contribution in [0.4, 0.5) is 13.2 Å². The zero-order valence-electron chi connectivity index (χ0n) is 13.4. The Hall–Kier alpha value is -1.45. The van der Waals surface area contributed by atoms with Gasteiger partial charge in [0, 0.05) is 21.7 Å². The highest BCUT2D eigenvalue weighted by atomic mass is 32.2. The van der Waals surface area contributed by atoms with Gasteiger partial charge in [-0.1, -0.05) is 18.2 Å². The third-order valence-corrected chi connectivity index (χ3v) is 6.80. The minimum atomic E-state index is -6.09. The van der Waals surface area contributed by atoms with Gasteiger partial charge in [-0.25, -0.2) is 8.42 Å². The second kappa shape index (κ2) is 7.84. The third-order valence-electron chi connectivity index (χ3n) is 3.69. The lowest BCUT2D eigenvalue weighted by atomic mass is 10.1. The Kier molecular flexibility index (Phi) is 6.23. The maximum atomic E-state index is 10.7. The van der Waals surface area contributed by atoms with E-state index in [9.17, 15) is 13.2 Å². The molecule has 1 aliphatic heterocycles. The van der Waals surface area contributed by atoms with Crippen LogP contribution in [-0.2, 0) is 21.0 Å². The van der Waals surface area contributed by atoms with Gasteiger partial charge in [0.2, 0.25) is 0 Å². The molecule has 0 atom stereocenters. The molecule has 0 unspecified atom stereocenters. The van der Waals surface area contributed by atoms with Crippen LogP contribution >= 0.6 is 0 Å². The Bertz CT molecular complexity index is 829. The van der Waals surface area contributed by atoms with Gasteiger partial charge in [0.15, 0.2) is 15.0 Å². The average Bonchev–Trinajstić information content (AvgIpc) is 3.06. The van der Waals surface area contributed by atoms with E-state index >= 15 is 0 Å². The predicted octanol–water partition coefficient (Wildman–Crippen LogP) is 3.67. The molecule has 0 aromatic heterocycles. The molecule has 3 rings (SSSR count). The topological polar surface area (TPSA) is 66.4 Å². The van der Waals surface area contributed by atoms with Crippen molar-refractivity contribution in [3.63, 3.8) is 0 Å². The summed E-state index contributed by atoms with van der Waals surface area (Å²) in [6.45, 7) is 0. The Balaban J connectivity index is 0.000000242. The highest BCUT2D eigenvalue weighted by Gasteiger charge is 2.37. The van der Waals surface area contributed by atoms with E-state index in [4.69, 9.17) is 17.7 Å². The number of hydrogen-bond donors (Lipinski definition) is 0. The van der Waals surface area contributed by atoms with Gasteiger partial charge < -0.3 is 9.29 Å². The van der Waals surface area contributed by atoms with Crippen molar-refractivity contribution in [1.82, 2.24) is 0 Å². The molecule has 0 radical (unpaired) electrons. The van der Waals surface area contributed by atoms with Crippen molar-refractivity contribution < 1.29 is 30.9 Å². The van der Waals surface area contributed by atoms with Gasteiger partial charge in [0.1, 0.15) is 17.3 Å². The number of ether oxygens (including phenoxy) is 1. The molecule has 0 amide bonds. The van der Waals surface area contributed by atoms with Crippen LogP contribution in [0, 0.1) is 0 Å². The number of fused-ring (bicyclic) bond motifs is 1. The van der Waals surface area contributed by atoms with Crippen molar-refractivity contribution in [2.24, 2.45) is 0 Å². The molecular formula is C16H17F3O4S2. The number of benzene rings is 2. The largest absolute Gasteiger partial charge is 0.741 e. The van der Waals surface area contributed by atoms with Gasteiger partial charge in [0.05, 0.1) is 7.11 Å². The fourth-order valence-electron chi connectivity index (χ4n) is 2.55. The van der Waals surface area contributed by atoms with Gasteiger partial charge >= 0.3 is 5.51 Å². The summed E-state index contributed by atoms with van der Waals surface area (Å²) in [6, 6.07) is 13.0. The first-order valence-electron chi connectivity index (χ1n) is 7.40. The normalized spacial score (nSPS) is 15.7. The first kappa shape index (κ1) is 19.9. The van der Waals surface area contributed by atoms with Gasteiger partial charge in [-0.15, -0.1) is 0 Å². The summed E-state index contributed by atoms with van der Waals surface area (Å²) in [7, 11) is -3.87. The lowest BCUT2D eigenvalue weighted by molar-refractivity contribution is -0.0517. The van der Waals surface area contributed by atoms with E-state index in [0.29, 0.717) is 10.9 Å². The SMILES string of the molecule is COc1ccc([S+]2CCCC2)c2ccccc12.O=S(=O)([O-])C(F)(F)F. The molecule has 0 spiro atoms. The molecule has 2 aromatic carbocycles. The van der Waals surface area contributed by atoms with Crippen molar-refractivity contribution in [1.29, 1.82) is 0 Å². The van der Waals surface area contributed by atoms with Crippen molar-refractivity contribution in [2.75, 3.05) is 18.6 Å². The predicted molar refractivity (Wildman–Crippen MR) is 90.9 cm³/mol. The second-order valence-electron chi connectivity index (χ2n) is 5.32. The summed E-state index contributed by atoms with van der Waals surface area (Å²) in [5.41, 5.74) is -5.65. The van der Waals surface area contributed by atoms with E-state index in [1.807, 2.05) is 0 Å².